The van der Waals surface area contributed by atoms with Gasteiger partial charge in [-0.05, 0) is 31.6 Å². The molecular formula is C10H22N2. The third-order valence-corrected chi connectivity index (χ3v) is 2.71. The summed E-state index contributed by atoms with van der Waals surface area (Å²) in [6.07, 6.45) is 5.27. The lowest BCUT2D eigenvalue weighted by Crippen LogP contribution is -2.34. The summed E-state index contributed by atoms with van der Waals surface area (Å²) in [5.41, 5.74) is 5.59. The highest BCUT2D eigenvalue weighted by atomic mass is 15.0. The standard InChI is InChI=1S/C10H22N2/c1-8(2)3-4-9-5-6-10(7-11)12-9/h8-10,12H,3-7,11H2,1-2H3. The van der Waals surface area contributed by atoms with E-state index in [2.05, 4.69) is 19.2 Å². The van der Waals surface area contributed by atoms with Crippen molar-refractivity contribution in [2.24, 2.45) is 11.7 Å². The SMILES string of the molecule is CC(C)CCC1CCC(CN)N1. The van der Waals surface area contributed by atoms with E-state index in [1.807, 2.05) is 0 Å². The van der Waals surface area contributed by atoms with Crippen LogP contribution in [-0.2, 0) is 0 Å². The topological polar surface area (TPSA) is 38.0 Å². The van der Waals surface area contributed by atoms with Crippen LogP contribution in [0.4, 0.5) is 0 Å². The third-order valence-electron chi connectivity index (χ3n) is 2.71. The second kappa shape index (κ2) is 4.83. The van der Waals surface area contributed by atoms with Gasteiger partial charge in [0, 0.05) is 18.6 Å². The molecule has 2 nitrogen and oxygen atoms in total. The molecule has 0 radical (unpaired) electrons. The van der Waals surface area contributed by atoms with E-state index in [-0.39, 0.29) is 0 Å². The molecule has 0 amide bonds. The number of hydrogen-bond donors (Lipinski definition) is 2. The van der Waals surface area contributed by atoms with Crippen molar-refractivity contribution in [3.63, 3.8) is 0 Å². The summed E-state index contributed by atoms with van der Waals surface area (Å²) in [7, 11) is 0. The molecule has 0 spiro atoms. The summed E-state index contributed by atoms with van der Waals surface area (Å²) < 4.78 is 0. The molecule has 1 aliphatic heterocycles. The van der Waals surface area contributed by atoms with Gasteiger partial charge in [0.2, 0.25) is 0 Å². The Kier molecular flexibility index (Phi) is 4.02. The fourth-order valence-corrected chi connectivity index (χ4v) is 1.85. The van der Waals surface area contributed by atoms with Crippen molar-refractivity contribution in [1.82, 2.24) is 5.32 Å². The van der Waals surface area contributed by atoms with Gasteiger partial charge in [0.25, 0.3) is 0 Å². The summed E-state index contributed by atoms with van der Waals surface area (Å²) in [5, 5.41) is 3.57. The van der Waals surface area contributed by atoms with E-state index >= 15 is 0 Å². The fourth-order valence-electron chi connectivity index (χ4n) is 1.85. The molecule has 1 aliphatic rings. The van der Waals surface area contributed by atoms with Gasteiger partial charge < -0.3 is 11.1 Å². The Morgan fingerprint density at radius 1 is 1.33 bits per heavy atom. The lowest BCUT2D eigenvalue weighted by Gasteiger charge is -2.13. The zero-order chi connectivity index (χ0) is 8.97. The minimum atomic E-state index is 0.599. The van der Waals surface area contributed by atoms with Gasteiger partial charge in [-0.3, -0.25) is 0 Å². The molecule has 3 N–H and O–H groups in total. The Bertz CT molecular complexity index is 123. The van der Waals surface area contributed by atoms with Gasteiger partial charge in [0.05, 0.1) is 0 Å². The predicted molar refractivity (Wildman–Crippen MR) is 53.1 cm³/mol. The van der Waals surface area contributed by atoms with E-state index in [4.69, 9.17) is 5.73 Å². The fraction of sp³-hybridized carbons (Fsp3) is 1.00. The Hall–Kier alpha value is -0.0800. The first kappa shape index (κ1) is 10.0. The number of rotatable bonds is 4. The highest BCUT2D eigenvalue weighted by Crippen LogP contribution is 2.17. The number of hydrogen-bond acceptors (Lipinski definition) is 2. The van der Waals surface area contributed by atoms with Crippen LogP contribution in [0.25, 0.3) is 0 Å². The maximum absolute atomic E-state index is 5.59. The molecule has 0 bridgehead atoms. The van der Waals surface area contributed by atoms with Crippen LogP contribution in [0.15, 0.2) is 0 Å². The number of nitrogens with one attached hydrogen (secondary N) is 1. The quantitative estimate of drug-likeness (QED) is 0.671. The lowest BCUT2D eigenvalue weighted by atomic mass is 10.0. The first-order valence-corrected chi connectivity index (χ1v) is 5.18. The summed E-state index contributed by atoms with van der Waals surface area (Å²) >= 11 is 0. The van der Waals surface area contributed by atoms with E-state index in [1.165, 1.54) is 25.7 Å². The van der Waals surface area contributed by atoms with E-state index in [9.17, 15) is 0 Å². The average molecular weight is 170 g/mol. The van der Waals surface area contributed by atoms with Gasteiger partial charge in [-0.15, -0.1) is 0 Å². The number of nitrogens with two attached hydrogens (primary N) is 1. The molecule has 2 unspecified atom stereocenters. The van der Waals surface area contributed by atoms with E-state index in [0.29, 0.717) is 6.04 Å². The molecule has 1 rings (SSSR count). The minimum absolute atomic E-state index is 0.599. The molecule has 72 valence electrons. The molecule has 12 heavy (non-hydrogen) atoms. The normalized spacial score (nSPS) is 30.0. The molecule has 0 aromatic carbocycles. The van der Waals surface area contributed by atoms with E-state index in [1.54, 1.807) is 0 Å². The lowest BCUT2D eigenvalue weighted by molar-refractivity contribution is 0.454. The van der Waals surface area contributed by atoms with Crippen LogP contribution in [0.5, 0.6) is 0 Å². The Labute approximate surface area is 75.9 Å². The van der Waals surface area contributed by atoms with Gasteiger partial charge in [-0.1, -0.05) is 13.8 Å². The van der Waals surface area contributed by atoms with Crippen molar-refractivity contribution in [2.45, 2.75) is 51.6 Å². The van der Waals surface area contributed by atoms with Crippen LogP contribution in [-0.4, -0.2) is 18.6 Å². The summed E-state index contributed by atoms with van der Waals surface area (Å²) in [4.78, 5) is 0. The van der Waals surface area contributed by atoms with Crippen LogP contribution >= 0.6 is 0 Å². The van der Waals surface area contributed by atoms with Crippen LogP contribution < -0.4 is 11.1 Å². The van der Waals surface area contributed by atoms with Gasteiger partial charge in [0.1, 0.15) is 0 Å². The largest absolute Gasteiger partial charge is 0.329 e. The molecule has 0 aliphatic carbocycles. The molecule has 1 saturated heterocycles. The van der Waals surface area contributed by atoms with Gasteiger partial charge in [0.15, 0.2) is 0 Å². The van der Waals surface area contributed by atoms with Crippen LogP contribution in [0.1, 0.15) is 39.5 Å². The maximum Gasteiger partial charge on any atom is 0.0193 e. The molecule has 0 aromatic rings. The first-order valence-electron chi connectivity index (χ1n) is 5.18. The van der Waals surface area contributed by atoms with Crippen LogP contribution in [0.2, 0.25) is 0 Å². The molecule has 2 atom stereocenters. The van der Waals surface area contributed by atoms with Gasteiger partial charge in [-0.25, -0.2) is 0 Å². The summed E-state index contributed by atoms with van der Waals surface area (Å²) in [5.74, 6) is 0.837. The molecule has 1 fully saturated rings. The monoisotopic (exact) mass is 170 g/mol. The molecule has 0 saturated carbocycles. The predicted octanol–water partition coefficient (Wildman–Crippen LogP) is 1.50. The highest BCUT2D eigenvalue weighted by Gasteiger charge is 2.21. The van der Waals surface area contributed by atoms with E-state index in [0.717, 1.165) is 18.5 Å². The summed E-state index contributed by atoms with van der Waals surface area (Å²) in [6, 6.07) is 1.35. The van der Waals surface area contributed by atoms with Crippen molar-refractivity contribution < 1.29 is 0 Å². The Balaban J connectivity index is 2.11. The smallest absolute Gasteiger partial charge is 0.0193 e. The Morgan fingerprint density at radius 3 is 2.50 bits per heavy atom. The zero-order valence-corrected chi connectivity index (χ0v) is 8.34. The van der Waals surface area contributed by atoms with Crippen molar-refractivity contribution in [3.8, 4) is 0 Å². The second-order valence-corrected chi connectivity index (χ2v) is 4.34. The van der Waals surface area contributed by atoms with Crippen LogP contribution in [0, 0.1) is 5.92 Å². The summed E-state index contributed by atoms with van der Waals surface area (Å²) in [6.45, 7) is 5.38. The average Bonchev–Trinajstić information content (AvgIpc) is 2.48. The Morgan fingerprint density at radius 2 is 2.00 bits per heavy atom. The third kappa shape index (κ3) is 3.11. The highest BCUT2D eigenvalue weighted by molar-refractivity contribution is 4.83. The molecule has 1 heterocycles. The maximum atomic E-state index is 5.59. The zero-order valence-electron chi connectivity index (χ0n) is 8.34. The van der Waals surface area contributed by atoms with Crippen molar-refractivity contribution in [3.05, 3.63) is 0 Å². The van der Waals surface area contributed by atoms with E-state index < -0.39 is 0 Å². The van der Waals surface area contributed by atoms with Crippen molar-refractivity contribution in [2.75, 3.05) is 6.54 Å². The second-order valence-electron chi connectivity index (χ2n) is 4.34. The van der Waals surface area contributed by atoms with Gasteiger partial charge >= 0.3 is 0 Å². The van der Waals surface area contributed by atoms with Crippen molar-refractivity contribution in [1.29, 1.82) is 0 Å². The first-order chi connectivity index (χ1) is 5.72. The minimum Gasteiger partial charge on any atom is -0.329 e. The van der Waals surface area contributed by atoms with Crippen LogP contribution in [0.3, 0.4) is 0 Å². The van der Waals surface area contributed by atoms with Crippen molar-refractivity contribution >= 4 is 0 Å². The molecule has 2 heteroatoms. The molecule has 0 aromatic heterocycles. The van der Waals surface area contributed by atoms with Gasteiger partial charge in [-0.2, -0.15) is 0 Å². The molecular weight excluding hydrogens is 148 g/mol.